The average Bonchev–Trinajstić information content (AvgIpc) is 2.48. The molecule has 0 aromatic rings. The maximum Gasteiger partial charge on any atom is 0.0420 e. The summed E-state index contributed by atoms with van der Waals surface area (Å²) in [5.74, 6) is 6.71. The van der Waals surface area contributed by atoms with E-state index in [1.54, 1.807) is 5.57 Å². The Bertz CT molecular complexity index is 399. The molecule has 78 valence electrons. The fourth-order valence-corrected chi connectivity index (χ4v) is 2.79. The second-order valence-electron chi connectivity index (χ2n) is 4.36. The molecular weight excluding hydrogens is 184 g/mol. The summed E-state index contributed by atoms with van der Waals surface area (Å²) in [4.78, 5) is 0. The lowest BCUT2D eigenvalue weighted by atomic mass is 9.89. The number of hydrogen-bond donors (Lipinski definition) is 1. The highest BCUT2D eigenvalue weighted by molar-refractivity contribution is 5.40. The van der Waals surface area contributed by atoms with Crippen LogP contribution in [-0.2, 0) is 0 Å². The van der Waals surface area contributed by atoms with Gasteiger partial charge in [0, 0.05) is 17.3 Å². The molecule has 2 aliphatic carbocycles. The maximum absolute atomic E-state index is 6.16. The molecule has 0 saturated heterocycles. The Morgan fingerprint density at radius 3 is 3.13 bits per heavy atom. The molecule has 0 amide bonds. The Kier molecular flexibility index (Phi) is 2.03. The van der Waals surface area contributed by atoms with Crippen LogP contribution >= 0.6 is 0 Å². The van der Waals surface area contributed by atoms with Crippen molar-refractivity contribution in [3.8, 4) is 0 Å². The molecule has 15 heavy (non-hydrogen) atoms. The third-order valence-electron chi connectivity index (χ3n) is 3.54. The van der Waals surface area contributed by atoms with Gasteiger partial charge >= 0.3 is 0 Å². The Balaban J connectivity index is 2.02. The lowest BCUT2D eigenvalue weighted by molar-refractivity contribution is 0.426. The number of allylic oxidation sites excluding steroid dienone is 7. The summed E-state index contributed by atoms with van der Waals surface area (Å²) in [6.45, 7) is 0. The molecule has 1 atom stereocenters. The molecular formula is C13H16N2. The van der Waals surface area contributed by atoms with E-state index >= 15 is 0 Å². The van der Waals surface area contributed by atoms with Crippen molar-refractivity contribution in [2.75, 3.05) is 0 Å². The van der Waals surface area contributed by atoms with Gasteiger partial charge in [0.1, 0.15) is 0 Å². The van der Waals surface area contributed by atoms with Gasteiger partial charge in [0.2, 0.25) is 0 Å². The average molecular weight is 200 g/mol. The van der Waals surface area contributed by atoms with Crippen LogP contribution in [0, 0.1) is 5.92 Å². The normalized spacial score (nSPS) is 28.7. The van der Waals surface area contributed by atoms with Gasteiger partial charge in [-0.3, -0.25) is 5.01 Å². The van der Waals surface area contributed by atoms with Crippen LogP contribution in [0.1, 0.15) is 25.7 Å². The van der Waals surface area contributed by atoms with E-state index in [-0.39, 0.29) is 0 Å². The predicted molar refractivity (Wildman–Crippen MR) is 61.4 cm³/mol. The zero-order valence-corrected chi connectivity index (χ0v) is 8.82. The summed E-state index contributed by atoms with van der Waals surface area (Å²) in [6, 6.07) is 0. The number of nitrogens with two attached hydrogens (primary N) is 1. The third kappa shape index (κ3) is 1.29. The molecule has 2 N–H and O–H groups in total. The van der Waals surface area contributed by atoms with Crippen molar-refractivity contribution < 1.29 is 0 Å². The van der Waals surface area contributed by atoms with E-state index in [9.17, 15) is 0 Å². The molecule has 0 saturated carbocycles. The smallest absolute Gasteiger partial charge is 0.0420 e. The first-order chi connectivity index (χ1) is 7.38. The second kappa shape index (κ2) is 3.38. The Morgan fingerprint density at radius 1 is 1.27 bits per heavy atom. The van der Waals surface area contributed by atoms with Crippen LogP contribution in [0.25, 0.3) is 0 Å². The molecule has 1 aliphatic heterocycles. The number of fused-ring (bicyclic) bond motifs is 2. The van der Waals surface area contributed by atoms with E-state index in [0.29, 0.717) is 5.92 Å². The zero-order chi connectivity index (χ0) is 10.3. The largest absolute Gasteiger partial charge is 0.287 e. The van der Waals surface area contributed by atoms with Crippen molar-refractivity contribution in [2.45, 2.75) is 25.7 Å². The quantitative estimate of drug-likeness (QED) is 0.481. The van der Waals surface area contributed by atoms with E-state index < -0.39 is 0 Å². The maximum atomic E-state index is 6.16. The van der Waals surface area contributed by atoms with Crippen LogP contribution in [0.15, 0.2) is 47.3 Å². The van der Waals surface area contributed by atoms with Crippen LogP contribution < -0.4 is 5.84 Å². The second-order valence-corrected chi connectivity index (χ2v) is 4.36. The third-order valence-corrected chi connectivity index (χ3v) is 3.54. The van der Waals surface area contributed by atoms with Gasteiger partial charge in [0.05, 0.1) is 0 Å². The van der Waals surface area contributed by atoms with E-state index in [1.807, 2.05) is 5.01 Å². The first kappa shape index (κ1) is 8.98. The summed E-state index contributed by atoms with van der Waals surface area (Å²) in [5, 5.41) is 1.93. The SMILES string of the molecule is NN1C2=CC=CCC2C2=C1CCC=CC2. The van der Waals surface area contributed by atoms with Crippen LogP contribution in [0.3, 0.4) is 0 Å². The van der Waals surface area contributed by atoms with E-state index in [0.717, 1.165) is 25.7 Å². The molecule has 1 heterocycles. The van der Waals surface area contributed by atoms with Gasteiger partial charge in [0.25, 0.3) is 0 Å². The molecule has 2 heteroatoms. The Labute approximate surface area is 90.4 Å². The summed E-state index contributed by atoms with van der Waals surface area (Å²) >= 11 is 0. The van der Waals surface area contributed by atoms with Crippen LogP contribution in [0.5, 0.6) is 0 Å². The van der Waals surface area contributed by atoms with Crippen molar-refractivity contribution in [1.82, 2.24) is 5.01 Å². The van der Waals surface area contributed by atoms with Gasteiger partial charge in [-0.15, -0.1) is 0 Å². The summed E-state index contributed by atoms with van der Waals surface area (Å²) in [7, 11) is 0. The zero-order valence-electron chi connectivity index (χ0n) is 8.82. The summed E-state index contributed by atoms with van der Waals surface area (Å²) in [5.41, 5.74) is 4.19. The standard InChI is InChI=1S/C13H16N2/c14-15-12-8-3-1-2-6-10(12)11-7-4-5-9-13(11)15/h1-2,4-5,9,11H,3,6-8,14H2. The van der Waals surface area contributed by atoms with E-state index in [4.69, 9.17) is 5.84 Å². The number of hydrogen-bond acceptors (Lipinski definition) is 2. The molecule has 1 unspecified atom stereocenters. The van der Waals surface area contributed by atoms with Gasteiger partial charge in [0.15, 0.2) is 0 Å². The van der Waals surface area contributed by atoms with Gasteiger partial charge < -0.3 is 0 Å². The number of hydrazine groups is 1. The first-order valence-electron chi connectivity index (χ1n) is 5.66. The van der Waals surface area contributed by atoms with Crippen molar-refractivity contribution in [1.29, 1.82) is 0 Å². The van der Waals surface area contributed by atoms with E-state index in [1.165, 1.54) is 11.4 Å². The molecule has 0 fully saturated rings. The Morgan fingerprint density at radius 2 is 2.20 bits per heavy atom. The van der Waals surface area contributed by atoms with Crippen LogP contribution in [-0.4, -0.2) is 5.01 Å². The van der Waals surface area contributed by atoms with Crippen LogP contribution in [0.2, 0.25) is 0 Å². The highest BCUT2D eigenvalue weighted by Crippen LogP contribution is 2.43. The molecule has 0 bridgehead atoms. The molecule has 0 aromatic carbocycles. The van der Waals surface area contributed by atoms with Crippen LogP contribution in [0.4, 0.5) is 0 Å². The molecule has 2 nitrogen and oxygen atoms in total. The van der Waals surface area contributed by atoms with Gasteiger partial charge in [-0.05, 0) is 37.3 Å². The molecule has 3 aliphatic rings. The molecule has 3 rings (SSSR count). The monoisotopic (exact) mass is 200 g/mol. The van der Waals surface area contributed by atoms with Crippen molar-refractivity contribution in [3.05, 3.63) is 47.3 Å². The van der Waals surface area contributed by atoms with Crippen molar-refractivity contribution in [2.24, 2.45) is 11.8 Å². The fourth-order valence-electron chi connectivity index (χ4n) is 2.79. The molecule has 0 radical (unpaired) electrons. The lowest BCUT2D eigenvalue weighted by Gasteiger charge is -2.21. The first-order valence-corrected chi connectivity index (χ1v) is 5.66. The van der Waals surface area contributed by atoms with E-state index in [2.05, 4.69) is 30.4 Å². The fraction of sp³-hybridized carbons (Fsp3) is 0.385. The minimum atomic E-state index is 0.553. The summed E-state index contributed by atoms with van der Waals surface area (Å²) in [6.07, 6.45) is 15.5. The lowest BCUT2D eigenvalue weighted by Crippen LogP contribution is -2.27. The molecule has 0 aromatic heterocycles. The Hall–Kier alpha value is -1.28. The van der Waals surface area contributed by atoms with Crippen molar-refractivity contribution in [3.63, 3.8) is 0 Å². The van der Waals surface area contributed by atoms with Gasteiger partial charge in [-0.25, -0.2) is 5.84 Å². The highest BCUT2D eigenvalue weighted by Gasteiger charge is 2.33. The minimum absolute atomic E-state index is 0.553. The topological polar surface area (TPSA) is 29.3 Å². The van der Waals surface area contributed by atoms with Gasteiger partial charge in [-0.2, -0.15) is 0 Å². The molecule has 0 spiro atoms. The van der Waals surface area contributed by atoms with Crippen molar-refractivity contribution >= 4 is 0 Å². The minimum Gasteiger partial charge on any atom is -0.287 e. The highest BCUT2D eigenvalue weighted by atomic mass is 15.4. The summed E-state index contributed by atoms with van der Waals surface area (Å²) < 4.78 is 0. The number of rotatable bonds is 0. The predicted octanol–water partition coefficient (Wildman–Crippen LogP) is 2.63. The van der Waals surface area contributed by atoms with Gasteiger partial charge in [-0.1, -0.05) is 24.3 Å². The number of nitrogens with zero attached hydrogens (tertiary/aromatic N) is 1.